The van der Waals surface area contributed by atoms with Crippen molar-refractivity contribution in [3.63, 3.8) is 0 Å². The first-order chi connectivity index (χ1) is 16.9. The van der Waals surface area contributed by atoms with Gasteiger partial charge in [0.15, 0.2) is 16.9 Å². The lowest BCUT2D eigenvalue weighted by atomic mass is 9.96. The Balaban J connectivity index is 1.85. The van der Waals surface area contributed by atoms with Crippen LogP contribution in [-0.4, -0.2) is 30.6 Å². The highest BCUT2D eigenvalue weighted by Gasteiger charge is 2.42. The van der Waals surface area contributed by atoms with Crippen molar-refractivity contribution in [1.29, 1.82) is 0 Å². The van der Waals surface area contributed by atoms with E-state index < -0.39 is 6.04 Å². The molecule has 2 heterocycles. The van der Waals surface area contributed by atoms with Gasteiger partial charge >= 0.3 is 0 Å². The molecule has 1 atom stereocenters. The molecule has 35 heavy (non-hydrogen) atoms. The van der Waals surface area contributed by atoms with Gasteiger partial charge in [0.25, 0.3) is 5.91 Å². The van der Waals surface area contributed by atoms with Crippen molar-refractivity contribution in [3.05, 3.63) is 81.2 Å². The van der Waals surface area contributed by atoms with E-state index in [1.807, 2.05) is 45.0 Å². The van der Waals surface area contributed by atoms with E-state index in [1.54, 1.807) is 17.0 Å². The molecule has 3 aromatic rings. The predicted molar refractivity (Wildman–Crippen MR) is 138 cm³/mol. The van der Waals surface area contributed by atoms with Crippen LogP contribution in [-0.2, 0) is 0 Å². The van der Waals surface area contributed by atoms with Crippen molar-refractivity contribution >= 4 is 16.9 Å². The highest BCUT2D eigenvalue weighted by molar-refractivity contribution is 5.99. The van der Waals surface area contributed by atoms with Crippen LogP contribution in [0.1, 0.15) is 72.0 Å². The molecule has 1 amide bonds. The molecular formula is C29H33NO5. The number of hydrogen-bond donors (Lipinski definition) is 0. The van der Waals surface area contributed by atoms with E-state index in [1.165, 1.54) is 0 Å². The molecule has 1 unspecified atom stereocenters. The van der Waals surface area contributed by atoms with Crippen molar-refractivity contribution in [2.75, 3.05) is 19.8 Å². The average molecular weight is 476 g/mol. The van der Waals surface area contributed by atoms with Gasteiger partial charge in [0.05, 0.1) is 30.2 Å². The second-order valence-corrected chi connectivity index (χ2v) is 8.97. The van der Waals surface area contributed by atoms with Gasteiger partial charge in [-0.3, -0.25) is 9.59 Å². The smallest absolute Gasteiger partial charge is 0.291 e. The molecule has 0 N–H and O–H groups in total. The summed E-state index contributed by atoms with van der Waals surface area (Å²) < 4.78 is 18.0. The van der Waals surface area contributed by atoms with E-state index in [4.69, 9.17) is 13.9 Å². The van der Waals surface area contributed by atoms with Gasteiger partial charge in [-0.15, -0.1) is 6.58 Å². The normalized spacial score (nSPS) is 14.9. The predicted octanol–water partition coefficient (Wildman–Crippen LogP) is 6.11. The zero-order chi connectivity index (χ0) is 25.1. The van der Waals surface area contributed by atoms with Gasteiger partial charge in [-0.25, -0.2) is 0 Å². The number of nitrogens with zero attached hydrogens (tertiary/aromatic N) is 1. The number of carbonyl (C=O) groups is 1. The zero-order valence-corrected chi connectivity index (χ0v) is 21.0. The maximum absolute atomic E-state index is 13.8. The van der Waals surface area contributed by atoms with Crippen LogP contribution in [0.2, 0.25) is 0 Å². The molecule has 0 saturated carbocycles. The summed E-state index contributed by atoms with van der Waals surface area (Å²) in [4.78, 5) is 28.8. The van der Waals surface area contributed by atoms with Gasteiger partial charge < -0.3 is 18.8 Å². The summed E-state index contributed by atoms with van der Waals surface area (Å²) in [7, 11) is 0. The molecule has 0 spiro atoms. The first kappa shape index (κ1) is 24.6. The zero-order valence-electron chi connectivity index (χ0n) is 21.0. The third-order valence-electron chi connectivity index (χ3n) is 6.33. The maximum atomic E-state index is 13.8. The van der Waals surface area contributed by atoms with Crippen LogP contribution >= 0.6 is 0 Å². The van der Waals surface area contributed by atoms with Crippen molar-refractivity contribution < 1.29 is 18.7 Å². The third kappa shape index (κ3) is 4.57. The number of fused-ring (bicyclic) bond motifs is 2. The Hall–Kier alpha value is -3.54. The molecule has 0 fully saturated rings. The Morgan fingerprint density at radius 1 is 1.06 bits per heavy atom. The number of amides is 1. The summed E-state index contributed by atoms with van der Waals surface area (Å²) in [6, 6.07) is 8.78. The van der Waals surface area contributed by atoms with Gasteiger partial charge in [-0.05, 0) is 62.1 Å². The molecule has 2 aromatic carbocycles. The second kappa shape index (κ2) is 10.4. The molecule has 0 saturated heterocycles. The largest absolute Gasteiger partial charge is 0.490 e. The van der Waals surface area contributed by atoms with Gasteiger partial charge in [-0.2, -0.15) is 0 Å². The number of aryl methyl sites for hydroxylation is 2. The van der Waals surface area contributed by atoms with Gasteiger partial charge in [0, 0.05) is 6.54 Å². The molecule has 0 aliphatic carbocycles. The molecule has 0 radical (unpaired) electrons. The molecular weight excluding hydrogens is 442 g/mol. The standard InChI is InChI=1S/C29H33NO5/c1-6-9-10-14-34-21-12-11-20(17-22(21)33-8-3)26-25-27(31)24-19(5)15-18(4)16-23(24)35-28(25)29(32)30(26)13-7-2/h7,11-12,15-17,26H,2,6,8-10,13-14H2,1,3-5H3. The van der Waals surface area contributed by atoms with Gasteiger partial charge in [0.2, 0.25) is 5.76 Å². The highest BCUT2D eigenvalue weighted by atomic mass is 16.5. The molecule has 1 aliphatic rings. The number of carbonyl (C=O) groups excluding carboxylic acids is 1. The van der Waals surface area contributed by atoms with E-state index >= 15 is 0 Å². The van der Waals surface area contributed by atoms with Gasteiger partial charge in [0.1, 0.15) is 5.58 Å². The maximum Gasteiger partial charge on any atom is 0.291 e. The Morgan fingerprint density at radius 2 is 1.86 bits per heavy atom. The van der Waals surface area contributed by atoms with E-state index in [9.17, 15) is 9.59 Å². The van der Waals surface area contributed by atoms with Crippen molar-refractivity contribution in [2.45, 2.75) is 53.0 Å². The van der Waals surface area contributed by atoms with Crippen LogP contribution in [0.15, 0.2) is 52.2 Å². The summed E-state index contributed by atoms with van der Waals surface area (Å²) in [6.45, 7) is 13.1. The Bertz CT molecular complexity index is 1320. The monoisotopic (exact) mass is 475 g/mol. The molecule has 0 bridgehead atoms. The number of hydrogen-bond acceptors (Lipinski definition) is 5. The molecule has 4 rings (SSSR count). The minimum absolute atomic E-state index is 0.0946. The molecule has 1 aromatic heterocycles. The molecule has 184 valence electrons. The lowest BCUT2D eigenvalue weighted by Crippen LogP contribution is -2.29. The van der Waals surface area contributed by atoms with Crippen LogP contribution in [0, 0.1) is 13.8 Å². The van der Waals surface area contributed by atoms with Crippen LogP contribution in [0.5, 0.6) is 11.5 Å². The van der Waals surface area contributed by atoms with Crippen LogP contribution in [0.3, 0.4) is 0 Å². The Labute approximate surface area is 206 Å². The Kier molecular flexibility index (Phi) is 7.29. The topological polar surface area (TPSA) is 69.0 Å². The molecule has 6 nitrogen and oxygen atoms in total. The summed E-state index contributed by atoms with van der Waals surface area (Å²) in [5.41, 5.74) is 3.18. The molecule has 1 aliphatic heterocycles. The quantitative estimate of drug-likeness (QED) is 0.261. The second-order valence-electron chi connectivity index (χ2n) is 8.97. The van der Waals surface area contributed by atoms with Crippen molar-refractivity contribution in [3.8, 4) is 11.5 Å². The minimum atomic E-state index is -0.606. The fourth-order valence-electron chi connectivity index (χ4n) is 4.80. The summed E-state index contributed by atoms with van der Waals surface area (Å²) in [5.74, 6) is 1.03. The lowest BCUT2D eigenvalue weighted by molar-refractivity contribution is 0.0748. The highest BCUT2D eigenvalue weighted by Crippen LogP contribution is 2.41. The van der Waals surface area contributed by atoms with Crippen molar-refractivity contribution in [2.24, 2.45) is 0 Å². The van der Waals surface area contributed by atoms with Crippen LogP contribution in [0.25, 0.3) is 11.0 Å². The molecule has 6 heteroatoms. The van der Waals surface area contributed by atoms with E-state index in [2.05, 4.69) is 13.5 Å². The van der Waals surface area contributed by atoms with E-state index in [0.29, 0.717) is 41.2 Å². The Morgan fingerprint density at radius 3 is 2.57 bits per heavy atom. The lowest BCUT2D eigenvalue weighted by Gasteiger charge is -2.24. The van der Waals surface area contributed by atoms with E-state index in [-0.39, 0.29) is 23.6 Å². The SMILES string of the molecule is C=CCN1C(=O)c2oc3cc(C)cc(C)c3c(=O)c2C1c1ccc(OCCCCC)c(OCC)c1. The number of unbranched alkanes of at least 4 members (excludes halogenated alkanes) is 2. The fraction of sp³-hybridized carbons (Fsp3) is 0.379. The summed E-state index contributed by atoms with van der Waals surface area (Å²) >= 11 is 0. The summed E-state index contributed by atoms with van der Waals surface area (Å²) in [5, 5.41) is 0.508. The van der Waals surface area contributed by atoms with E-state index in [0.717, 1.165) is 36.0 Å². The van der Waals surface area contributed by atoms with Crippen LogP contribution in [0.4, 0.5) is 0 Å². The average Bonchev–Trinajstić information content (AvgIpc) is 3.09. The van der Waals surface area contributed by atoms with Gasteiger partial charge in [-0.1, -0.05) is 38.0 Å². The third-order valence-corrected chi connectivity index (χ3v) is 6.33. The van der Waals surface area contributed by atoms with Crippen LogP contribution < -0.4 is 14.9 Å². The van der Waals surface area contributed by atoms with Crippen molar-refractivity contribution in [1.82, 2.24) is 4.90 Å². The first-order valence-corrected chi connectivity index (χ1v) is 12.3. The fourth-order valence-corrected chi connectivity index (χ4v) is 4.80. The number of ether oxygens (including phenoxy) is 2. The minimum Gasteiger partial charge on any atom is -0.490 e. The number of rotatable bonds is 10. The summed E-state index contributed by atoms with van der Waals surface area (Å²) in [6.07, 6.45) is 4.84. The first-order valence-electron chi connectivity index (χ1n) is 12.3. The number of benzene rings is 2.